The highest BCUT2D eigenvalue weighted by atomic mass is 16.2. The molecule has 0 unspecified atom stereocenters. The third kappa shape index (κ3) is 2.77. The second kappa shape index (κ2) is 4.15. The Labute approximate surface area is 82.7 Å². The fraction of sp³-hybridized carbons (Fsp3) is 0.444. The van der Waals surface area contributed by atoms with Crippen LogP contribution in [0.1, 0.15) is 24.3 Å². The van der Waals surface area contributed by atoms with E-state index in [1.54, 1.807) is 0 Å². The monoisotopic (exact) mass is 194 g/mol. The predicted octanol–water partition coefficient (Wildman–Crippen LogP) is -0.0563. The van der Waals surface area contributed by atoms with Crippen molar-refractivity contribution in [1.29, 1.82) is 0 Å². The molecule has 0 aliphatic heterocycles. The number of carbonyl (C=O) groups excluding carboxylic acids is 1. The van der Waals surface area contributed by atoms with Crippen LogP contribution >= 0.6 is 0 Å². The number of rotatable bonds is 3. The quantitative estimate of drug-likeness (QED) is 0.706. The Morgan fingerprint density at radius 3 is 2.79 bits per heavy atom. The Bertz CT molecular complexity index is 310. The zero-order chi connectivity index (χ0) is 10.6. The number of hydrogen-bond acceptors (Lipinski definition) is 4. The summed E-state index contributed by atoms with van der Waals surface area (Å²) in [6.07, 6.45) is 4.41. The molecule has 5 heteroatoms. The Morgan fingerprint density at radius 2 is 2.29 bits per heavy atom. The van der Waals surface area contributed by atoms with Gasteiger partial charge in [0.25, 0.3) is 5.91 Å². The normalized spacial score (nSPS) is 11.1. The van der Waals surface area contributed by atoms with Crippen LogP contribution in [0.15, 0.2) is 18.6 Å². The molecule has 14 heavy (non-hydrogen) atoms. The Hall–Kier alpha value is -1.49. The van der Waals surface area contributed by atoms with Gasteiger partial charge in [0, 0.05) is 24.5 Å². The summed E-state index contributed by atoms with van der Waals surface area (Å²) >= 11 is 0. The van der Waals surface area contributed by atoms with Gasteiger partial charge in [0.05, 0.1) is 6.20 Å². The maximum absolute atomic E-state index is 11.6. The van der Waals surface area contributed by atoms with Crippen LogP contribution in [-0.2, 0) is 0 Å². The lowest BCUT2D eigenvalue weighted by Crippen LogP contribution is -2.49. The Morgan fingerprint density at radius 1 is 1.57 bits per heavy atom. The van der Waals surface area contributed by atoms with Gasteiger partial charge in [-0.05, 0) is 13.8 Å². The maximum Gasteiger partial charge on any atom is 0.271 e. The molecule has 0 aliphatic rings. The van der Waals surface area contributed by atoms with E-state index in [2.05, 4.69) is 15.3 Å². The van der Waals surface area contributed by atoms with Crippen LogP contribution in [0.25, 0.3) is 0 Å². The highest BCUT2D eigenvalue weighted by molar-refractivity contribution is 5.92. The van der Waals surface area contributed by atoms with Crippen molar-refractivity contribution in [2.24, 2.45) is 5.73 Å². The second-order valence-corrected chi connectivity index (χ2v) is 3.63. The van der Waals surface area contributed by atoms with Crippen molar-refractivity contribution in [2.45, 2.75) is 19.4 Å². The fourth-order valence-electron chi connectivity index (χ4n) is 0.839. The van der Waals surface area contributed by atoms with Gasteiger partial charge >= 0.3 is 0 Å². The lowest BCUT2D eigenvalue weighted by atomic mass is 10.1. The molecule has 0 aliphatic carbocycles. The van der Waals surface area contributed by atoms with Crippen molar-refractivity contribution in [1.82, 2.24) is 15.3 Å². The molecule has 1 rings (SSSR count). The number of carbonyl (C=O) groups is 1. The average Bonchev–Trinajstić information content (AvgIpc) is 2.19. The van der Waals surface area contributed by atoms with Gasteiger partial charge in [0.1, 0.15) is 5.69 Å². The molecule has 0 atom stereocenters. The highest BCUT2D eigenvalue weighted by Gasteiger charge is 2.19. The van der Waals surface area contributed by atoms with Crippen LogP contribution < -0.4 is 11.1 Å². The largest absolute Gasteiger partial charge is 0.345 e. The van der Waals surface area contributed by atoms with Crippen LogP contribution in [0.4, 0.5) is 0 Å². The van der Waals surface area contributed by atoms with Crippen LogP contribution in [-0.4, -0.2) is 28.0 Å². The molecule has 1 heterocycles. The minimum atomic E-state index is -0.422. The van der Waals surface area contributed by atoms with Gasteiger partial charge in [0.15, 0.2) is 0 Å². The smallest absolute Gasteiger partial charge is 0.271 e. The number of nitrogens with zero attached hydrogens (tertiary/aromatic N) is 2. The predicted molar refractivity (Wildman–Crippen MR) is 52.6 cm³/mol. The van der Waals surface area contributed by atoms with E-state index in [1.165, 1.54) is 18.6 Å². The molecular weight excluding hydrogens is 180 g/mol. The van der Waals surface area contributed by atoms with E-state index < -0.39 is 5.54 Å². The molecule has 1 aromatic heterocycles. The molecule has 0 aromatic carbocycles. The summed E-state index contributed by atoms with van der Waals surface area (Å²) in [4.78, 5) is 19.2. The van der Waals surface area contributed by atoms with Crippen molar-refractivity contribution in [3.8, 4) is 0 Å². The topological polar surface area (TPSA) is 80.9 Å². The van der Waals surface area contributed by atoms with Gasteiger partial charge in [-0.15, -0.1) is 0 Å². The van der Waals surface area contributed by atoms with Crippen molar-refractivity contribution in [3.05, 3.63) is 24.3 Å². The van der Waals surface area contributed by atoms with Crippen LogP contribution in [0.2, 0.25) is 0 Å². The summed E-state index contributed by atoms with van der Waals surface area (Å²) in [6, 6.07) is 0. The molecule has 0 fully saturated rings. The summed E-state index contributed by atoms with van der Waals surface area (Å²) in [7, 11) is 0. The first kappa shape index (κ1) is 10.6. The number of nitrogens with one attached hydrogen (secondary N) is 1. The zero-order valence-corrected chi connectivity index (χ0v) is 8.32. The van der Waals surface area contributed by atoms with Gasteiger partial charge in [-0.3, -0.25) is 9.78 Å². The first-order chi connectivity index (χ1) is 6.55. The van der Waals surface area contributed by atoms with Crippen molar-refractivity contribution in [2.75, 3.05) is 6.54 Å². The second-order valence-electron chi connectivity index (χ2n) is 3.63. The van der Waals surface area contributed by atoms with Crippen molar-refractivity contribution >= 4 is 5.91 Å². The SMILES string of the molecule is CC(C)(CN)NC(=O)c1cnccn1. The lowest BCUT2D eigenvalue weighted by Gasteiger charge is -2.23. The number of aromatic nitrogens is 2. The molecule has 0 saturated carbocycles. The van der Waals surface area contributed by atoms with Crippen molar-refractivity contribution < 1.29 is 4.79 Å². The molecule has 5 nitrogen and oxygen atoms in total. The molecular formula is C9H14N4O. The molecule has 0 radical (unpaired) electrons. The summed E-state index contributed by atoms with van der Waals surface area (Å²) in [6.45, 7) is 4.07. The molecule has 1 amide bonds. The third-order valence-corrected chi connectivity index (χ3v) is 1.76. The fourth-order valence-corrected chi connectivity index (χ4v) is 0.839. The van der Waals surface area contributed by atoms with Crippen LogP contribution in [0, 0.1) is 0 Å². The summed E-state index contributed by atoms with van der Waals surface area (Å²) in [5.74, 6) is -0.256. The maximum atomic E-state index is 11.6. The van der Waals surface area contributed by atoms with Crippen LogP contribution in [0.3, 0.4) is 0 Å². The Balaban J connectivity index is 2.69. The lowest BCUT2D eigenvalue weighted by molar-refractivity contribution is 0.0910. The van der Waals surface area contributed by atoms with Crippen LogP contribution in [0.5, 0.6) is 0 Å². The van der Waals surface area contributed by atoms with E-state index in [1.807, 2.05) is 13.8 Å². The molecule has 3 N–H and O–H groups in total. The van der Waals surface area contributed by atoms with Gasteiger partial charge in [-0.25, -0.2) is 4.98 Å². The van der Waals surface area contributed by atoms with Gasteiger partial charge in [0.2, 0.25) is 0 Å². The number of amides is 1. The summed E-state index contributed by atoms with van der Waals surface area (Å²) < 4.78 is 0. The Kier molecular flexibility index (Phi) is 3.14. The summed E-state index contributed by atoms with van der Waals surface area (Å²) in [5, 5.41) is 2.76. The average molecular weight is 194 g/mol. The van der Waals surface area contributed by atoms with Gasteiger partial charge in [-0.2, -0.15) is 0 Å². The van der Waals surface area contributed by atoms with E-state index in [-0.39, 0.29) is 5.91 Å². The molecule has 0 bridgehead atoms. The first-order valence-electron chi connectivity index (χ1n) is 4.34. The van der Waals surface area contributed by atoms with E-state index in [4.69, 9.17) is 5.73 Å². The molecule has 1 aromatic rings. The zero-order valence-electron chi connectivity index (χ0n) is 8.32. The molecule has 0 saturated heterocycles. The van der Waals surface area contributed by atoms with Gasteiger partial charge in [-0.1, -0.05) is 0 Å². The van der Waals surface area contributed by atoms with Gasteiger partial charge < -0.3 is 11.1 Å². The standard InChI is InChI=1S/C9H14N4O/c1-9(2,6-10)13-8(14)7-5-11-3-4-12-7/h3-5H,6,10H2,1-2H3,(H,13,14). The number of hydrogen-bond donors (Lipinski definition) is 2. The molecule has 76 valence electrons. The van der Waals surface area contributed by atoms with E-state index in [0.29, 0.717) is 12.2 Å². The van der Waals surface area contributed by atoms with E-state index in [0.717, 1.165) is 0 Å². The van der Waals surface area contributed by atoms with Crippen molar-refractivity contribution in [3.63, 3.8) is 0 Å². The third-order valence-electron chi connectivity index (χ3n) is 1.76. The highest BCUT2D eigenvalue weighted by Crippen LogP contribution is 2.00. The minimum absolute atomic E-state index is 0.256. The number of nitrogens with two attached hydrogens (primary N) is 1. The van der Waals surface area contributed by atoms with E-state index >= 15 is 0 Å². The summed E-state index contributed by atoms with van der Waals surface area (Å²) in [5.41, 5.74) is 5.36. The first-order valence-corrected chi connectivity index (χ1v) is 4.34. The minimum Gasteiger partial charge on any atom is -0.345 e. The molecule has 0 spiro atoms. The van der Waals surface area contributed by atoms with E-state index in [9.17, 15) is 4.79 Å².